The maximum atomic E-state index is 12.6. The first-order chi connectivity index (χ1) is 9.61. The number of likely N-dealkylation sites (N-methyl/N-ethyl adjacent to an activating group) is 2. The van der Waals surface area contributed by atoms with Gasteiger partial charge in [-0.3, -0.25) is 4.79 Å². The summed E-state index contributed by atoms with van der Waals surface area (Å²) in [6.07, 6.45) is 0. The summed E-state index contributed by atoms with van der Waals surface area (Å²) in [4.78, 5) is 13.3. The van der Waals surface area contributed by atoms with Crippen LogP contribution in [0.1, 0.15) is 18.1 Å². The third-order valence-corrected chi connectivity index (χ3v) is 5.38. The van der Waals surface area contributed by atoms with Crippen LogP contribution >= 0.6 is 0 Å². The molecule has 1 aromatic rings. The Hall–Kier alpha value is -1.60. The summed E-state index contributed by atoms with van der Waals surface area (Å²) in [5.41, 5.74) is 7.96. The van der Waals surface area contributed by atoms with Gasteiger partial charge in [0.1, 0.15) is 0 Å². The molecule has 0 aromatic heterocycles. The molecule has 2 N–H and O–H groups in total. The molecule has 1 aromatic carbocycles. The van der Waals surface area contributed by atoms with Gasteiger partial charge in [-0.05, 0) is 37.1 Å². The van der Waals surface area contributed by atoms with Gasteiger partial charge in [-0.15, -0.1) is 0 Å². The Kier molecular flexibility index (Phi) is 5.36. The second kappa shape index (κ2) is 6.44. The number of hydrogen-bond donors (Lipinski definition) is 1. The number of carbonyl (C=O) groups excluding carboxylic acids is 1. The Morgan fingerprint density at radius 3 is 2.24 bits per heavy atom. The number of nitrogen functional groups attached to an aromatic ring is 1. The van der Waals surface area contributed by atoms with Crippen molar-refractivity contribution in [3.8, 4) is 0 Å². The fraction of sp³-hybridized carbons (Fsp3) is 0.500. The van der Waals surface area contributed by atoms with Crippen molar-refractivity contribution < 1.29 is 13.2 Å². The first kappa shape index (κ1) is 17.5. The van der Waals surface area contributed by atoms with E-state index in [4.69, 9.17) is 5.73 Å². The molecular formula is C14H23N3O3S. The predicted octanol–water partition coefficient (Wildman–Crippen LogP) is 0.984. The summed E-state index contributed by atoms with van der Waals surface area (Å²) >= 11 is 0. The topological polar surface area (TPSA) is 83.7 Å². The highest BCUT2D eigenvalue weighted by Gasteiger charge is 2.26. The van der Waals surface area contributed by atoms with Gasteiger partial charge in [-0.1, -0.05) is 6.92 Å². The number of sulfonamides is 1. The molecule has 7 heteroatoms. The highest BCUT2D eigenvalue weighted by Crippen LogP contribution is 2.24. The first-order valence-corrected chi connectivity index (χ1v) is 8.12. The molecule has 21 heavy (non-hydrogen) atoms. The van der Waals surface area contributed by atoms with Crippen molar-refractivity contribution in [1.29, 1.82) is 0 Å². The zero-order valence-electron chi connectivity index (χ0n) is 13.2. The third-order valence-electron chi connectivity index (χ3n) is 3.48. The molecule has 0 radical (unpaired) electrons. The largest absolute Gasteiger partial charge is 0.398 e. The smallest absolute Gasteiger partial charge is 0.243 e. The highest BCUT2D eigenvalue weighted by atomic mass is 32.2. The van der Waals surface area contributed by atoms with Crippen LogP contribution in [0.4, 0.5) is 5.69 Å². The zero-order valence-corrected chi connectivity index (χ0v) is 14.0. The molecular weight excluding hydrogens is 290 g/mol. The van der Waals surface area contributed by atoms with Crippen molar-refractivity contribution in [3.63, 3.8) is 0 Å². The van der Waals surface area contributed by atoms with Crippen molar-refractivity contribution in [1.82, 2.24) is 9.21 Å². The summed E-state index contributed by atoms with van der Waals surface area (Å²) in [6, 6.07) is 3.03. The van der Waals surface area contributed by atoms with Gasteiger partial charge in [-0.25, -0.2) is 8.42 Å². The molecule has 0 bridgehead atoms. The molecule has 118 valence electrons. The highest BCUT2D eigenvalue weighted by molar-refractivity contribution is 7.89. The fourth-order valence-corrected chi connectivity index (χ4v) is 3.33. The van der Waals surface area contributed by atoms with E-state index in [1.54, 1.807) is 27.1 Å². The molecule has 0 aliphatic rings. The van der Waals surface area contributed by atoms with E-state index in [9.17, 15) is 13.2 Å². The molecule has 1 rings (SSSR count). The second-order valence-corrected chi connectivity index (χ2v) is 7.11. The molecule has 0 spiro atoms. The lowest BCUT2D eigenvalue weighted by Gasteiger charge is -2.22. The molecule has 0 atom stereocenters. The predicted molar refractivity (Wildman–Crippen MR) is 83.5 cm³/mol. The Bertz CT molecular complexity index is 616. The van der Waals surface area contributed by atoms with Gasteiger partial charge >= 0.3 is 0 Å². The average Bonchev–Trinajstić information content (AvgIpc) is 2.40. The molecule has 0 unspecified atom stereocenters. The van der Waals surface area contributed by atoms with Gasteiger partial charge in [-0.2, -0.15) is 4.31 Å². The van der Waals surface area contributed by atoms with Crippen LogP contribution in [0.15, 0.2) is 17.0 Å². The van der Waals surface area contributed by atoms with Crippen molar-refractivity contribution in [2.24, 2.45) is 0 Å². The van der Waals surface area contributed by atoms with Gasteiger partial charge in [0.15, 0.2) is 0 Å². The van der Waals surface area contributed by atoms with E-state index in [0.29, 0.717) is 5.69 Å². The van der Waals surface area contributed by atoms with Crippen molar-refractivity contribution in [2.75, 3.05) is 32.9 Å². The summed E-state index contributed by atoms with van der Waals surface area (Å²) < 4.78 is 26.4. The number of nitrogens with two attached hydrogens (primary N) is 1. The minimum atomic E-state index is -3.74. The van der Waals surface area contributed by atoms with Crippen molar-refractivity contribution in [3.05, 3.63) is 23.3 Å². The molecule has 6 nitrogen and oxygen atoms in total. The van der Waals surface area contributed by atoms with Gasteiger partial charge in [0.25, 0.3) is 0 Å². The van der Waals surface area contributed by atoms with Crippen LogP contribution in [0.3, 0.4) is 0 Å². The quantitative estimate of drug-likeness (QED) is 0.822. The molecule has 0 aliphatic carbocycles. The lowest BCUT2D eigenvalue weighted by atomic mass is 10.1. The molecule has 1 amide bonds. The molecule has 0 aliphatic heterocycles. The number of carbonyl (C=O) groups is 1. The average molecular weight is 313 g/mol. The van der Waals surface area contributed by atoms with E-state index in [-0.39, 0.29) is 23.9 Å². The minimum absolute atomic E-state index is 0.122. The summed E-state index contributed by atoms with van der Waals surface area (Å²) in [7, 11) is -0.548. The summed E-state index contributed by atoms with van der Waals surface area (Å²) in [5.74, 6) is -0.266. The SMILES string of the molecule is CCN(CC(=O)N(C)C)S(=O)(=O)c1cc(C)c(C)c(N)c1. The monoisotopic (exact) mass is 313 g/mol. The number of nitrogens with zero attached hydrogens (tertiary/aromatic N) is 2. The van der Waals surface area contributed by atoms with Gasteiger partial charge < -0.3 is 10.6 Å². The maximum absolute atomic E-state index is 12.6. The van der Waals surface area contributed by atoms with Crippen LogP contribution in [0.25, 0.3) is 0 Å². The number of amides is 1. The standard InChI is InChI=1S/C14H23N3O3S/c1-6-17(9-14(18)16(4)5)21(19,20)12-7-10(2)11(3)13(15)8-12/h7-8H,6,9,15H2,1-5H3. The molecule has 0 heterocycles. The van der Waals surface area contributed by atoms with Crippen LogP contribution in [0.5, 0.6) is 0 Å². The van der Waals surface area contributed by atoms with E-state index in [0.717, 1.165) is 15.4 Å². The van der Waals surface area contributed by atoms with Gasteiger partial charge in [0, 0.05) is 26.3 Å². The Labute approximate surface area is 126 Å². The fourth-order valence-electron chi connectivity index (χ4n) is 1.81. The Morgan fingerprint density at radius 1 is 1.24 bits per heavy atom. The van der Waals surface area contributed by atoms with Crippen molar-refractivity contribution >= 4 is 21.6 Å². The van der Waals surface area contributed by atoms with Gasteiger partial charge in [0.05, 0.1) is 11.4 Å². The number of hydrogen-bond acceptors (Lipinski definition) is 4. The normalized spacial score (nSPS) is 11.7. The number of aryl methyl sites for hydroxylation is 1. The van der Waals surface area contributed by atoms with Gasteiger partial charge in [0.2, 0.25) is 15.9 Å². The molecule has 0 saturated heterocycles. The Balaban J connectivity index is 3.22. The number of anilines is 1. The Morgan fingerprint density at radius 2 is 1.81 bits per heavy atom. The molecule has 0 fully saturated rings. The lowest BCUT2D eigenvalue weighted by Crippen LogP contribution is -2.40. The maximum Gasteiger partial charge on any atom is 0.243 e. The summed E-state index contributed by atoms with van der Waals surface area (Å²) in [6.45, 7) is 5.39. The summed E-state index contributed by atoms with van der Waals surface area (Å²) in [5, 5.41) is 0. The van der Waals surface area contributed by atoms with E-state index in [1.807, 2.05) is 13.8 Å². The second-order valence-electron chi connectivity index (χ2n) is 5.17. The van der Waals surface area contributed by atoms with Crippen molar-refractivity contribution in [2.45, 2.75) is 25.7 Å². The zero-order chi connectivity index (χ0) is 16.4. The van der Waals surface area contributed by atoms with Crippen LogP contribution < -0.4 is 5.73 Å². The lowest BCUT2D eigenvalue weighted by molar-refractivity contribution is -0.128. The minimum Gasteiger partial charge on any atom is -0.398 e. The molecule has 0 saturated carbocycles. The number of benzene rings is 1. The van der Waals surface area contributed by atoms with E-state index in [2.05, 4.69) is 0 Å². The van der Waals surface area contributed by atoms with E-state index < -0.39 is 10.0 Å². The van der Waals surface area contributed by atoms with E-state index >= 15 is 0 Å². The third kappa shape index (κ3) is 3.74. The van der Waals surface area contributed by atoms with E-state index in [1.165, 1.54) is 11.0 Å². The van der Waals surface area contributed by atoms with Crippen LogP contribution in [-0.2, 0) is 14.8 Å². The first-order valence-electron chi connectivity index (χ1n) is 6.68. The van der Waals surface area contributed by atoms with Crippen LogP contribution in [0.2, 0.25) is 0 Å². The van der Waals surface area contributed by atoms with Crippen LogP contribution in [0, 0.1) is 13.8 Å². The van der Waals surface area contributed by atoms with Crippen LogP contribution in [-0.4, -0.2) is 50.7 Å². The number of rotatable bonds is 5.